The van der Waals surface area contributed by atoms with Gasteiger partial charge in [-0.1, -0.05) is 6.07 Å². The molecule has 0 aliphatic carbocycles. The first-order valence-corrected chi connectivity index (χ1v) is 5.87. The number of nitrogens with zero attached hydrogens (tertiary/aromatic N) is 1. The zero-order valence-electron chi connectivity index (χ0n) is 10.3. The van der Waals surface area contributed by atoms with E-state index in [2.05, 4.69) is 11.4 Å². The molecule has 0 bridgehead atoms. The van der Waals surface area contributed by atoms with Crippen LogP contribution in [0.5, 0.6) is 5.75 Å². The topological polar surface area (TPSA) is 41.6 Å². The van der Waals surface area contributed by atoms with Crippen LogP contribution in [0.3, 0.4) is 0 Å². The van der Waals surface area contributed by atoms with Crippen molar-refractivity contribution in [3.8, 4) is 5.75 Å². The summed E-state index contributed by atoms with van der Waals surface area (Å²) in [4.78, 5) is 13.0. The second kappa shape index (κ2) is 5.08. The van der Waals surface area contributed by atoms with Gasteiger partial charge in [0.25, 0.3) is 5.91 Å². The van der Waals surface area contributed by atoms with Crippen molar-refractivity contribution in [2.45, 2.75) is 12.8 Å². The Labute approximate surface area is 102 Å². The van der Waals surface area contributed by atoms with Gasteiger partial charge in [-0.25, -0.2) is 0 Å². The first kappa shape index (κ1) is 11.8. The first-order chi connectivity index (χ1) is 8.18. The van der Waals surface area contributed by atoms with Gasteiger partial charge in [0.1, 0.15) is 5.75 Å². The fourth-order valence-corrected chi connectivity index (χ4v) is 1.88. The van der Waals surface area contributed by atoms with E-state index in [9.17, 15) is 4.79 Å². The molecule has 1 aliphatic rings. The number of hydrogen-bond donors (Lipinski definition) is 1. The summed E-state index contributed by atoms with van der Waals surface area (Å²) in [6.07, 6.45) is 2.11. The van der Waals surface area contributed by atoms with Crippen LogP contribution in [0.15, 0.2) is 18.2 Å². The van der Waals surface area contributed by atoms with Gasteiger partial charge in [-0.05, 0) is 25.0 Å². The van der Waals surface area contributed by atoms with E-state index in [1.807, 2.05) is 12.1 Å². The Morgan fingerprint density at radius 1 is 1.47 bits per heavy atom. The molecule has 0 unspecified atom stereocenters. The lowest BCUT2D eigenvalue weighted by Crippen LogP contribution is -2.27. The maximum absolute atomic E-state index is 11.5. The Hall–Kier alpha value is -1.71. The number of ether oxygens (including phenoxy) is 1. The SMILES string of the molecule is CN(C)C(=O)COc1cccc2c1CCCN2. The maximum atomic E-state index is 11.5. The molecular weight excluding hydrogens is 216 g/mol. The van der Waals surface area contributed by atoms with E-state index < -0.39 is 0 Å². The standard InChI is InChI=1S/C13H18N2O2/c1-15(2)13(16)9-17-12-7-3-6-11-10(12)5-4-8-14-11/h3,6-7,14H,4-5,8-9H2,1-2H3. The molecule has 0 atom stereocenters. The number of hydrogen-bond acceptors (Lipinski definition) is 3. The monoisotopic (exact) mass is 234 g/mol. The third kappa shape index (κ3) is 2.70. The van der Waals surface area contributed by atoms with E-state index in [0.29, 0.717) is 0 Å². The highest BCUT2D eigenvalue weighted by molar-refractivity contribution is 5.77. The van der Waals surface area contributed by atoms with E-state index in [1.54, 1.807) is 14.1 Å². The molecule has 1 aromatic carbocycles. The van der Waals surface area contributed by atoms with Gasteiger partial charge >= 0.3 is 0 Å². The molecule has 17 heavy (non-hydrogen) atoms. The number of likely N-dealkylation sites (N-methyl/N-ethyl adjacent to an activating group) is 1. The van der Waals surface area contributed by atoms with Gasteiger partial charge in [-0.3, -0.25) is 4.79 Å². The van der Waals surface area contributed by atoms with Gasteiger partial charge in [0.2, 0.25) is 0 Å². The molecule has 1 amide bonds. The highest BCUT2D eigenvalue weighted by Gasteiger charge is 2.14. The minimum atomic E-state index is -0.0219. The van der Waals surface area contributed by atoms with Crippen molar-refractivity contribution in [1.82, 2.24) is 4.90 Å². The van der Waals surface area contributed by atoms with E-state index in [-0.39, 0.29) is 12.5 Å². The predicted molar refractivity (Wildman–Crippen MR) is 67.4 cm³/mol. The van der Waals surface area contributed by atoms with Crippen LogP contribution < -0.4 is 10.1 Å². The quantitative estimate of drug-likeness (QED) is 0.862. The Kier molecular flexibility index (Phi) is 3.52. The zero-order chi connectivity index (χ0) is 12.3. The van der Waals surface area contributed by atoms with Crippen molar-refractivity contribution in [2.24, 2.45) is 0 Å². The average Bonchev–Trinajstić information content (AvgIpc) is 2.35. The van der Waals surface area contributed by atoms with Gasteiger partial charge in [0, 0.05) is 31.9 Å². The number of anilines is 1. The van der Waals surface area contributed by atoms with Gasteiger partial charge in [-0.2, -0.15) is 0 Å². The molecule has 0 spiro atoms. The highest BCUT2D eigenvalue weighted by atomic mass is 16.5. The van der Waals surface area contributed by atoms with Gasteiger partial charge < -0.3 is 15.0 Å². The van der Waals surface area contributed by atoms with Crippen molar-refractivity contribution in [2.75, 3.05) is 32.6 Å². The summed E-state index contributed by atoms with van der Waals surface area (Å²) in [5, 5.41) is 3.34. The van der Waals surface area contributed by atoms with E-state index >= 15 is 0 Å². The Morgan fingerprint density at radius 3 is 3.06 bits per heavy atom. The summed E-state index contributed by atoms with van der Waals surface area (Å²) >= 11 is 0. The third-order valence-electron chi connectivity index (χ3n) is 2.90. The van der Waals surface area contributed by atoms with Crippen LogP contribution >= 0.6 is 0 Å². The van der Waals surface area contributed by atoms with E-state index in [4.69, 9.17) is 4.74 Å². The molecule has 2 rings (SSSR count). The lowest BCUT2D eigenvalue weighted by Gasteiger charge is -2.21. The van der Waals surface area contributed by atoms with E-state index in [1.165, 1.54) is 10.5 Å². The van der Waals surface area contributed by atoms with Crippen molar-refractivity contribution >= 4 is 11.6 Å². The molecule has 0 fully saturated rings. The van der Waals surface area contributed by atoms with Crippen molar-refractivity contribution in [1.29, 1.82) is 0 Å². The first-order valence-electron chi connectivity index (χ1n) is 5.87. The number of amides is 1. The van der Waals surface area contributed by atoms with Crippen LogP contribution in [0.4, 0.5) is 5.69 Å². The smallest absolute Gasteiger partial charge is 0.259 e. The van der Waals surface area contributed by atoms with Crippen LogP contribution in [0, 0.1) is 0 Å². The van der Waals surface area contributed by atoms with Gasteiger partial charge in [0.15, 0.2) is 6.61 Å². The zero-order valence-corrected chi connectivity index (χ0v) is 10.3. The molecule has 1 aliphatic heterocycles. The third-order valence-corrected chi connectivity index (χ3v) is 2.90. The number of benzene rings is 1. The molecule has 0 saturated carbocycles. The molecule has 4 heteroatoms. The molecule has 1 N–H and O–H groups in total. The summed E-state index contributed by atoms with van der Waals surface area (Å²) < 4.78 is 5.60. The Balaban J connectivity index is 2.08. The van der Waals surface area contributed by atoms with Crippen LogP contribution in [0.1, 0.15) is 12.0 Å². The summed E-state index contributed by atoms with van der Waals surface area (Å²) in [6, 6.07) is 5.93. The molecule has 0 aromatic heterocycles. The Morgan fingerprint density at radius 2 is 2.29 bits per heavy atom. The molecule has 1 aromatic rings. The minimum absolute atomic E-state index is 0.0219. The average molecular weight is 234 g/mol. The van der Waals surface area contributed by atoms with E-state index in [0.717, 1.165) is 30.8 Å². The summed E-state index contributed by atoms with van der Waals surface area (Å²) in [5.41, 5.74) is 2.32. The lowest BCUT2D eigenvalue weighted by atomic mass is 10.0. The van der Waals surface area contributed by atoms with Crippen molar-refractivity contribution in [3.05, 3.63) is 23.8 Å². The number of nitrogens with one attached hydrogen (secondary N) is 1. The van der Waals surface area contributed by atoms with Gasteiger partial charge in [0.05, 0.1) is 0 Å². The second-order valence-electron chi connectivity index (χ2n) is 4.39. The van der Waals surface area contributed by atoms with Crippen molar-refractivity contribution < 1.29 is 9.53 Å². The minimum Gasteiger partial charge on any atom is -0.483 e. The van der Waals surface area contributed by atoms with Crippen molar-refractivity contribution in [3.63, 3.8) is 0 Å². The molecule has 0 radical (unpaired) electrons. The molecular formula is C13H18N2O2. The fraction of sp³-hybridized carbons (Fsp3) is 0.462. The van der Waals surface area contributed by atoms with Crippen LogP contribution in [0.25, 0.3) is 0 Å². The Bertz CT molecular complexity index is 416. The number of fused-ring (bicyclic) bond motifs is 1. The van der Waals surface area contributed by atoms with Crippen LogP contribution in [-0.2, 0) is 11.2 Å². The number of rotatable bonds is 3. The normalized spacial score (nSPS) is 13.5. The molecule has 1 heterocycles. The van der Waals surface area contributed by atoms with Gasteiger partial charge in [-0.15, -0.1) is 0 Å². The largest absolute Gasteiger partial charge is 0.483 e. The predicted octanol–water partition coefficient (Wildman–Crippen LogP) is 1.51. The molecule has 92 valence electrons. The number of carbonyl (C=O) groups is 1. The fourth-order valence-electron chi connectivity index (χ4n) is 1.88. The second-order valence-corrected chi connectivity index (χ2v) is 4.39. The lowest BCUT2D eigenvalue weighted by molar-refractivity contribution is -0.130. The number of carbonyl (C=O) groups excluding carboxylic acids is 1. The van der Waals surface area contributed by atoms with Crippen LogP contribution in [0.2, 0.25) is 0 Å². The summed E-state index contributed by atoms with van der Waals surface area (Å²) in [7, 11) is 3.46. The summed E-state index contributed by atoms with van der Waals surface area (Å²) in [6.45, 7) is 1.11. The molecule has 0 saturated heterocycles. The maximum Gasteiger partial charge on any atom is 0.259 e. The van der Waals surface area contributed by atoms with Crippen LogP contribution in [-0.4, -0.2) is 38.1 Å². The highest BCUT2D eigenvalue weighted by Crippen LogP contribution is 2.30. The summed E-state index contributed by atoms with van der Waals surface area (Å²) in [5.74, 6) is 0.802. The molecule has 4 nitrogen and oxygen atoms in total.